The Morgan fingerprint density at radius 2 is 1.48 bits per heavy atom. The third-order valence-corrected chi connectivity index (χ3v) is 3.60. The number of hydrogen-bond donors (Lipinski definition) is 3. The number of ether oxygens (including phenoxy) is 3. The molecule has 0 aromatic heterocycles. The number of carbonyl (C=O) groups is 3. The zero-order chi connectivity index (χ0) is 23.7. The van der Waals surface area contributed by atoms with Gasteiger partial charge in [-0.15, -0.1) is 0 Å². The van der Waals surface area contributed by atoms with Crippen LogP contribution in [0.15, 0.2) is 24.3 Å². The molecule has 9 heteroatoms. The van der Waals surface area contributed by atoms with Crippen LogP contribution in [0.4, 0.5) is 9.59 Å². The molecule has 1 aromatic carbocycles. The Labute approximate surface area is 184 Å². The van der Waals surface area contributed by atoms with Crippen LogP contribution in [0.3, 0.4) is 0 Å². The predicted octanol–water partition coefficient (Wildman–Crippen LogP) is 2.90. The molecule has 174 valence electrons. The lowest BCUT2D eigenvalue weighted by molar-refractivity contribution is -0.122. The van der Waals surface area contributed by atoms with E-state index >= 15 is 0 Å². The highest BCUT2D eigenvalue weighted by atomic mass is 16.6. The maximum absolute atomic E-state index is 12.0. The minimum absolute atomic E-state index is 0.259. The van der Waals surface area contributed by atoms with Crippen LogP contribution in [0.2, 0.25) is 0 Å². The largest absolute Gasteiger partial charge is 0.494 e. The van der Waals surface area contributed by atoms with Crippen LogP contribution in [0.25, 0.3) is 0 Å². The van der Waals surface area contributed by atoms with Crippen LogP contribution in [0.5, 0.6) is 5.75 Å². The first-order valence-corrected chi connectivity index (χ1v) is 10.2. The summed E-state index contributed by atoms with van der Waals surface area (Å²) in [4.78, 5) is 35.2. The van der Waals surface area contributed by atoms with Gasteiger partial charge in [-0.05, 0) is 72.1 Å². The van der Waals surface area contributed by atoms with Crippen molar-refractivity contribution in [1.29, 1.82) is 0 Å². The Morgan fingerprint density at radius 1 is 0.935 bits per heavy atom. The van der Waals surface area contributed by atoms with Gasteiger partial charge in [0.1, 0.15) is 17.0 Å². The van der Waals surface area contributed by atoms with Crippen molar-refractivity contribution in [2.24, 2.45) is 5.73 Å². The van der Waals surface area contributed by atoms with E-state index in [9.17, 15) is 14.4 Å². The number of hydrogen-bond acceptors (Lipinski definition) is 7. The molecule has 9 nitrogen and oxygen atoms in total. The summed E-state index contributed by atoms with van der Waals surface area (Å²) in [5.74, 6) is 0.0554. The van der Waals surface area contributed by atoms with Crippen LogP contribution in [-0.2, 0) is 20.7 Å². The lowest BCUT2D eigenvalue weighted by atomic mass is 10.1. The van der Waals surface area contributed by atoms with E-state index in [1.165, 1.54) is 0 Å². The van der Waals surface area contributed by atoms with Gasteiger partial charge in [-0.25, -0.2) is 9.59 Å². The molecule has 1 rings (SSSR count). The highest BCUT2D eigenvalue weighted by Gasteiger charge is 2.21. The fraction of sp³-hybridized carbons (Fsp3) is 0.591. The van der Waals surface area contributed by atoms with Crippen molar-refractivity contribution in [1.82, 2.24) is 10.6 Å². The molecule has 0 saturated carbocycles. The van der Waals surface area contributed by atoms with Crippen molar-refractivity contribution in [2.45, 2.75) is 71.6 Å². The summed E-state index contributed by atoms with van der Waals surface area (Å²) in [6.45, 7) is 11.4. The van der Waals surface area contributed by atoms with Gasteiger partial charge in [0.15, 0.2) is 0 Å². The van der Waals surface area contributed by atoms with Crippen molar-refractivity contribution < 1.29 is 28.6 Å². The van der Waals surface area contributed by atoms with Gasteiger partial charge in [-0.3, -0.25) is 10.1 Å². The molecule has 1 atom stereocenters. The number of nitrogens with one attached hydrogen (secondary N) is 2. The van der Waals surface area contributed by atoms with E-state index in [1.54, 1.807) is 65.8 Å². The summed E-state index contributed by atoms with van der Waals surface area (Å²) in [5.41, 5.74) is 5.48. The number of nitrogens with two attached hydrogens (primary N) is 1. The second-order valence-corrected chi connectivity index (χ2v) is 9.08. The van der Waals surface area contributed by atoms with E-state index in [-0.39, 0.29) is 6.42 Å². The average Bonchev–Trinajstić information content (AvgIpc) is 2.59. The van der Waals surface area contributed by atoms with Crippen molar-refractivity contribution in [3.8, 4) is 5.75 Å². The minimum atomic E-state index is -0.891. The van der Waals surface area contributed by atoms with E-state index in [0.717, 1.165) is 5.56 Å². The molecular formula is C22H35N3O6. The number of imide groups is 1. The van der Waals surface area contributed by atoms with Crippen molar-refractivity contribution >= 4 is 18.1 Å². The number of carbonyl (C=O) groups excluding carboxylic acids is 3. The Balaban J connectivity index is 2.34. The summed E-state index contributed by atoms with van der Waals surface area (Å²) < 4.78 is 15.8. The number of amides is 3. The van der Waals surface area contributed by atoms with Gasteiger partial charge in [0.05, 0.1) is 12.6 Å². The van der Waals surface area contributed by atoms with E-state index in [0.29, 0.717) is 25.3 Å². The first-order chi connectivity index (χ1) is 14.2. The monoisotopic (exact) mass is 437 g/mol. The minimum Gasteiger partial charge on any atom is -0.494 e. The molecule has 1 unspecified atom stereocenters. The summed E-state index contributed by atoms with van der Waals surface area (Å²) in [6.07, 6.45) is -0.396. The third kappa shape index (κ3) is 12.5. The fourth-order valence-electron chi connectivity index (χ4n) is 2.33. The Morgan fingerprint density at radius 3 is 2.03 bits per heavy atom. The van der Waals surface area contributed by atoms with Gasteiger partial charge >= 0.3 is 12.2 Å². The Hall–Kier alpha value is -2.81. The molecule has 31 heavy (non-hydrogen) atoms. The van der Waals surface area contributed by atoms with Crippen LogP contribution in [0.1, 0.15) is 53.5 Å². The van der Waals surface area contributed by atoms with E-state index in [1.807, 2.05) is 0 Å². The molecule has 0 aliphatic carbocycles. The summed E-state index contributed by atoms with van der Waals surface area (Å²) in [6, 6.07) is 6.26. The van der Waals surface area contributed by atoms with Gasteiger partial charge in [-0.2, -0.15) is 0 Å². The molecule has 0 heterocycles. The first-order valence-electron chi connectivity index (χ1n) is 10.2. The zero-order valence-corrected chi connectivity index (χ0v) is 19.2. The molecule has 0 fully saturated rings. The molecule has 0 aliphatic rings. The van der Waals surface area contributed by atoms with Gasteiger partial charge in [0.25, 0.3) is 0 Å². The summed E-state index contributed by atoms with van der Waals surface area (Å²) >= 11 is 0. The SMILES string of the molecule is CC(C)(C)OC(=O)NCCCOc1ccc(CC(N)C(=O)NC(=O)OC(C)(C)C)cc1. The standard InChI is InChI=1S/C22H35N3O6/c1-21(2,3)30-19(27)24-12-7-13-29-16-10-8-15(9-11-16)14-17(23)18(26)25-20(28)31-22(4,5)6/h8-11,17H,7,12-14,23H2,1-6H3,(H,24,27)(H,25,26,28). The van der Waals surface area contributed by atoms with Crippen LogP contribution >= 0.6 is 0 Å². The van der Waals surface area contributed by atoms with Gasteiger partial charge in [0, 0.05) is 6.54 Å². The number of rotatable bonds is 8. The summed E-state index contributed by atoms with van der Waals surface area (Å²) in [5, 5.41) is 4.81. The molecule has 0 saturated heterocycles. The Bertz CT molecular complexity index is 735. The number of benzene rings is 1. The molecule has 0 spiro atoms. The number of alkyl carbamates (subject to hydrolysis) is 2. The van der Waals surface area contributed by atoms with E-state index in [2.05, 4.69) is 10.6 Å². The maximum Gasteiger partial charge on any atom is 0.414 e. The van der Waals surface area contributed by atoms with Gasteiger partial charge < -0.3 is 25.3 Å². The van der Waals surface area contributed by atoms with Crippen LogP contribution < -0.4 is 21.1 Å². The molecular weight excluding hydrogens is 402 g/mol. The van der Waals surface area contributed by atoms with Gasteiger partial charge in [0.2, 0.25) is 5.91 Å². The lowest BCUT2D eigenvalue weighted by Gasteiger charge is -2.20. The van der Waals surface area contributed by atoms with Crippen molar-refractivity contribution in [3.63, 3.8) is 0 Å². The molecule has 0 aliphatic heterocycles. The van der Waals surface area contributed by atoms with E-state index in [4.69, 9.17) is 19.9 Å². The Kier molecular flexibility index (Phi) is 9.77. The third-order valence-electron chi connectivity index (χ3n) is 3.60. The van der Waals surface area contributed by atoms with Crippen molar-refractivity contribution in [2.75, 3.05) is 13.2 Å². The smallest absolute Gasteiger partial charge is 0.414 e. The normalized spacial score (nSPS) is 12.5. The highest BCUT2D eigenvalue weighted by Crippen LogP contribution is 2.14. The average molecular weight is 438 g/mol. The van der Waals surface area contributed by atoms with Crippen molar-refractivity contribution in [3.05, 3.63) is 29.8 Å². The first kappa shape index (κ1) is 26.2. The van der Waals surface area contributed by atoms with Crippen LogP contribution in [0, 0.1) is 0 Å². The second kappa shape index (κ2) is 11.5. The molecule has 4 N–H and O–H groups in total. The predicted molar refractivity (Wildman–Crippen MR) is 117 cm³/mol. The topological polar surface area (TPSA) is 129 Å². The zero-order valence-electron chi connectivity index (χ0n) is 19.2. The van der Waals surface area contributed by atoms with Crippen LogP contribution in [-0.4, -0.2) is 48.5 Å². The summed E-state index contributed by atoms with van der Waals surface area (Å²) in [7, 11) is 0. The second-order valence-electron chi connectivity index (χ2n) is 9.08. The van der Waals surface area contributed by atoms with Gasteiger partial charge in [-0.1, -0.05) is 12.1 Å². The maximum atomic E-state index is 12.0. The highest BCUT2D eigenvalue weighted by molar-refractivity contribution is 5.95. The quantitative estimate of drug-likeness (QED) is 0.533. The fourth-order valence-corrected chi connectivity index (χ4v) is 2.33. The molecule has 3 amide bonds. The lowest BCUT2D eigenvalue weighted by Crippen LogP contribution is -2.46. The molecule has 0 bridgehead atoms. The van der Waals surface area contributed by atoms with E-state index < -0.39 is 35.3 Å². The molecule has 0 radical (unpaired) electrons. The molecule has 1 aromatic rings.